The van der Waals surface area contributed by atoms with Crippen LogP contribution in [0.4, 0.5) is 0 Å². The molecule has 0 unspecified atom stereocenters. The molecular formula is C14H9Br2NO. The summed E-state index contributed by atoms with van der Waals surface area (Å²) in [5.41, 5.74) is 3.81. The van der Waals surface area contributed by atoms with Crippen molar-refractivity contribution >= 4 is 43.0 Å². The lowest BCUT2D eigenvalue weighted by Gasteiger charge is -2.00. The summed E-state index contributed by atoms with van der Waals surface area (Å²) in [6, 6.07) is 11.9. The Kier molecular flexibility index (Phi) is 2.99. The minimum absolute atomic E-state index is 0.634. The van der Waals surface area contributed by atoms with Crippen molar-refractivity contribution in [2.45, 2.75) is 6.92 Å². The number of benzene rings is 2. The number of hydrogen-bond acceptors (Lipinski definition) is 2. The van der Waals surface area contributed by atoms with E-state index < -0.39 is 0 Å². The van der Waals surface area contributed by atoms with Gasteiger partial charge >= 0.3 is 0 Å². The SMILES string of the molecule is Cc1ccc(-c2nc3cc(Br)ccc3o2)c(Br)c1. The van der Waals surface area contributed by atoms with E-state index >= 15 is 0 Å². The largest absolute Gasteiger partial charge is 0.436 e. The number of nitrogens with zero attached hydrogens (tertiary/aromatic N) is 1. The van der Waals surface area contributed by atoms with Crippen molar-refractivity contribution in [3.8, 4) is 11.5 Å². The number of fused-ring (bicyclic) bond motifs is 1. The lowest BCUT2D eigenvalue weighted by atomic mass is 10.1. The smallest absolute Gasteiger partial charge is 0.228 e. The lowest BCUT2D eigenvalue weighted by molar-refractivity contribution is 0.619. The molecule has 2 aromatic carbocycles. The maximum atomic E-state index is 5.77. The number of rotatable bonds is 1. The molecule has 0 fully saturated rings. The zero-order valence-corrected chi connectivity index (χ0v) is 12.7. The fourth-order valence-corrected chi connectivity index (χ4v) is 2.82. The number of halogens is 2. The summed E-state index contributed by atoms with van der Waals surface area (Å²) in [7, 11) is 0. The van der Waals surface area contributed by atoms with Crippen LogP contribution in [0.25, 0.3) is 22.6 Å². The van der Waals surface area contributed by atoms with Crippen molar-refractivity contribution in [2.24, 2.45) is 0 Å². The van der Waals surface area contributed by atoms with Gasteiger partial charge < -0.3 is 4.42 Å². The average molecular weight is 367 g/mol. The highest BCUT2D eigenvalue weighted by molar-refractivity contribution is 9.10. The summed E-state index contributed by atoms with van der Waals surface area (Å²) in [5, 5.41) is 0. The van der Waals surface area contributed by atoms with E-state index in [1.165, 1.54) is 5.56 Å². The maximum Gasteiger partial charge on any atom is 0.228 e. The van der Waals surface area contributed by atoms with Crippen LogP contribution in [0.2, 0.25) is 0 Å². The first-order valence-corrected chi connectivity index (χ1v) is 7.05. The van der Waals surface area contributed by atoms with Crippen LogP contribution in [-0.4, -0.2) is 4.98 Å². The average Bonchev–Trinajstić information content (AvgIpc) is 2.71. The number of aromatic nitrogens is 1. The second kappa shape index (κ2) is 4.52. The van der Waals surface area contributed by atoms with Gasteiger partial charge in [-0.25, -0.2) is 4.98 Å². The topological polar surface area (TPSA) is 26.0 Å². The molecule has 90 valence electrons. The highest BCUT2D eigenvalue weighted by Gasteiger charge is 2.11. The number of aryl methyl sites for hydroxylation is 1. The van der Waals surface area contributed by atoms with Crippen LogP contribution >= 0.6 is 31.9 Å². The molecule has 1 heterocycles. The molecule has 0 N–H and O–H groups in total. The Hall–Kier alpha value is -1.13. The highest BCUT2D eigenvalue weighted by Crippen LogP contribution is 2.31. The Morgan fingerprint density at radius 2 is 1.89 bits per heavy atom. The molecule has 0 aliphatic carbocycles. The molecule has 0 aliphatic heterocycles. The third kappa shape index (κ3) is 2.10. The van der Waals surface area contributed by atoms with Gasteiger partial charge in [0, 0.05) is 8.95 Å². The minimum Gasteiger partial charge on any atom is -0.436 e. The van der Waals surface area contributed by atoms with E-state index in [1.54, 1.807) is 0 Å². The van der Waals surface area contributed by atoms with Crippen LogP contribution in [-0.2, 0) is 0 Å². The van der Waals surface area contributed by atoms with E-state index in [4.69, 9.17) is 4.42 Å². The zero-order chi connectivity index (χ0) is 12.7. The van der Waals surface area contributed by atoms with Gasteiger partial charge in [-0.15, -0.1) is 0 Å². The van der Waals surface area contributed by atoms with Gasteiger partial charge in [-0.3, -0.25) is 0 Å². The Balaban J connectivity index is 2.19. The normalized spacial score (nSPS) is 11.1. The third-order valence-electron chi connectivity index (χ3n) is 2.70. The van der Waals surface area contributed by atoms with Gasteiger partial charge in [0.2, 0.25) is 5.89 Å². The van der Waals surface area contributed by atoms with Crippen LogP contribution in [0.15, 0.2) is 49.8 Å². The Labute approximate surface area is 121 Å². The molecule has 2 nitrogen and oxygen atoms in total. The van der Waals surface area contributed by atoms with E-state index in [9.17, 15) is 0 Å². The second-order valence-corrected chi connectivity index (χ2v) is 5.88. The molecule has 1 aromatic heterocycles. The zero-order valence-electron chi connectivity index (χ0n) is 9.58. The first-order valence-electron chi connectivity index (χ1n) is 5.46. The molecule has 0 saturated carbocycles. The fraction of sp³-hybridized carbons (Fsp3) is 0.0714. The first-order chi connectivity index (χ1) is 8.63. The molecular weight excluding hydrogens is 358 g/mol. The minimum atomic E-state index is 0.634. The molecule has 4 heteroatoms. The van der Waals surface area contributed by atoms with E-state index in [-0.39, 0.29) is 0 Å². The van der Waals surface area contributed by atoms with Crippen molar-refractivity contribution in [3.63, 3.8) is 0 Å². The van der Waals surface area contributed by atoms with Gasteiger partial charge in [-0.1, -0.05) is 22.0 Å². The van der Waals surface area contributed by atoms with E-state index in [1.807, 2.05) is 30.3 Å². The number of oxazole rings is 1. The van der Waals surface area contributed by atoms with Crippen molar-refractivity contribution < 1.29 is 4.42 Å². The third-order valence-corrected chi connectivity index (χ3v) is 3.85. The summed E-state index contributed by atoms with van der Waals surface area (Å²) < 4.78 is 7.76. The van der Waals surface area contributed by atoms with Gasteiger partial charge in [-0.05, 0) is 58.7 Å². The summed E-state index contributed by atoms with van der Waals surface area (Å²) in [5.74, 6) is 0.634. The maximum absolute atomic E-state index is 5.77. The van der Waals surface area contributed by atoms with E-state index in [2.05, 4.69) is 49.8 Å². The summed E-state index contributed by atoms with van der Waals surface area (Å²) >= 11 is 6.98. The molecule has 3 aromatic rings. The monoisotopic (exact) mass is 365 g/mol. The Morgan fingerprint density at radius 3 is 2.67 bits per heavy atom. The van der Waals surface area contributed by atoms with Crippen LogP contribution in [0.1, 0.15) is 5.56 Å². The van der Waals surface area contributed by atoms with Gasteiger partial charge in [0.05, 0.1) is 5.56 Å². The van der Waals surface area contributed by atoms with Crippen molar-refractivity contribution in [1.29, 1.82) is 0 Å². The van der Waals surface area contributed by atoms with Crippen LogP contribution in [0.5, 0.6) is 0 Å². The van der Waals surface area contributed by atoms with Crippen LogP contribution in [0.3, 0.4) is 0 Å². The molecule has 0 saturated heterocycles. The van der Waals surface area contributed by atoms with Crippen molar-refractivity contribution in [2.75, 3.05) is 0 Å². The first kappa shape index (κ1) is 11.9. The molecule has 3 rings (SSSR count). The molecule has 0 spiro atoms. The van der Waals surface area contributed by atoms with Crippen molar-refractivity contribution in [3.05, 3.63) is 50.9 Å². The summed E-state index contributed by atoms with van der Waals surface area (Å²) in [4.78, 5) is 4.51. The van der Waals surface area contributed by atoms with E-state index in [0.717, 1.165) is 25.6 Å². The summed E-state index contributed by atoms with van der Waals surface area (Å²) in [6.07, 6.45) is 0. The lowest BCUT2D eigenvalue weighted by Crippen LogP contribution is -1.81. The molecule has 0 radical (unpaired) electrons. The molecule has 0 atom stereocenters. The van der Waals surface area contributed by atoms with Gasteiger partial charge in [-0.2, -0.15) is 0 Å². The number of hydrogen-bond donors (Lipinski definition) is 0. The molecule has 0 bridgehead atoms. The summed E-state index contributed by atoms with van der Waals surface area (Å²) in [6.45, 7) is 2.05. The molecule has 0 aliphatic rings. The second-order valence-electron chi connectivity index (χ2n) is 4.11. The fourth-order valence-electron chi connectivity index (χ4n) is 1.81. The van der Waals surface area contributed by atoms with Crippen LogP contribution in [0, 0.1) is 6.92 Å². The van der Waals surface area contributed by atoms with Gasteiger partial charge in [0.25, 0.3) is 0 Å². The Bertz CT molecular complexity index is 734. The molecule has 0 amide bonds. The Morgan fingerprint density at radius 1 is 1.06 bits per heavy atom. The highest BCUT2D eigenvalue weighted by atomic mass is 79.9. The predicted octanol–water partition coefficient (Wildman–Crippen LogP) is 5.33. The predicted molar refractivity (Wildman–Crippen MR) is 79.6 cm³/mol. The molecule has 18 heavy (non-hydrogen) atoms. The van der Waals surface area contributed by atoms with Crippen molar-refractivity contribution in [1.82, 2.24) is 4.98 Å². The van der Waals surface area contributed by atoms with E-state index in [0.29, 0.717) is 5.89 Å². The quantitative estimate of drug-likeness (QED) is 0.581. The van der Waals surface area contributed by atoms with Crippen LogP contribution < -0.4 is 0 Å². The van der Waals surface area contributed by atoms with Gasteiger partial charge in [0.15, 0.2) is 5.58 Å². The standard InChI is InChI=1S/C14H9Br2NO/c1-8-2-4-10(11(16)6-8)14-17-12-7-9(15)3-5-13(12)18-14/h2-7H,1H3. The van der Waals surface area contributed by atoms with Gasteiger partial charge in [0.1, 0.15) is 5.52 Å².